The zero-order valence-corrected chi connectivity index (χ0v) is 9.17. The van der Waals surface area contributed by atoms with Gasteiger partial charge in [-0.05, 0) is 18.9 Å². The molecule has 17 heavy (non-hydrogen) atoms. The Morgan fingerprint density at radius 1 is 1.47 bits per heavy atom. The molecule has 1 N–H and O–H groups in total. The van der Waals surface area contributed by atoms with E-state index in [0.29, 0.717) is 12.4 Å². The van der Waals surface area contributed by atoms with Crippen LogP contribution in [-0.2, 0) is 4.74 Å². The van der Waals surface area contributed by atoms with E-state index in [1.807, 2.05) is 0 Å². The summed E-state index contributed by atoms with van der Waals surface area (Å²) in [6.07, 6.45) is 2.51. The third-order valence-electron chi connectivity index (χ3n) is 2.55. The van der Waals surface area contributed by atoms with E-state index >= 15 is 0 Å². The Morgan fingerprint density at radius 3 is 2.88 bits per heavy atom. The number of aromatic hydroxyl groups is 1. The van der Waals surface area contributed by atoms with Crippen molar-refractivity contribution in [1.82, 2.24) is 0 Å². The van der Waals surface area contributed by atoms with Crippen molar-refractivity contribution in [3.05, 3.63) is 28.3 Å². The van der Waals surface area contributed by atoms with Crippen LogP contribution < -0.4 is 4.74 Å². The van der Waals surface area contributed by atoms with E-state index in [0.717, 1.165) is 19.3 Å². The van der Waals surface area contributed by atoms with Crippen LogP contribution >= 0.6 is 0 Å². The normalized spacial score (nSPS) is 19.9. The van der Waals surface area contributed by atoms with Crippen molar-refractivity contribution in [3.63, 3.8) is 0 Å². The van der Waals surface area contributed by atoms with Crippen LogP contribution in [0.15, 0.2) is 18.2 Å². The van der Waals surface area contributed by atoms with Gasteiger partial charge in [0.2, 0.25) is 0 Å². The Labute approximate surface area is 97.9 Å². The highest BCUT2D eigenvalue weighted by Gasteiger charge is 2.18. The van der Waals surface area contributed by atoms with Gasteiger partial charge in [-0.25, -0.2) is 0 Å². The largest absolute Gasteiger partial charge is 0.502 e. The molecule has 0 saturated carbocycles. The third kappa shape index (κ3) is 2.85. The predicted molar refractivity (Wildman–Crippen MR) is 59.0 cm³/mol. The maximum atomic E-state index is 10.5. The SMILES string of the molecule is O=[N+]([O-])c1ccc(OC2CCCCO2)cc1O. The first-order valence-electron chi connectivity index (χ1n) is 5.42. The molecular weight excluding hydrogens is 226 g/mol. The summed E-state index contributed by atoms with van der Waals surface area (Å²) >= 11 is 0. The minimum absolute atomic E-state index is 0.329. The average molecular weight is 239 g/mol. The molecule has 0 aromatic heterocycles. The monoisotopic (exact) mass is 239 g/mol. The second-order valence-electron chi connectivity index (χ2n) is 3.82. The van der Waals surface area contributed by atoms with Crippen LogP contribution in [0.3, 0.4) is 0 Å². The Morgan fingerprint density at radius 2 is 2.29 bits per heavy atom. The van der Waals surface area contributed by atoms with Gasteiger partial charge in [-0.15, -0.1) is 0 Å². The van der Waals surface area contributed by atoms with Crippen LogP contribution in [0.2, 0.25) is 0 Å². The number of ether oxygens (including phenoxy) is 2. The Kier molecular flexibility index (Phi) is 3.43. The van der Waals surface area contributed by atoms with E-state index in [1.165, 1.54) is 18.2 Å². The van der Waals surface area contributed by atoms with E-state index in [2.05, 4.69) is 0 Å². The van der Waals surface area contributed by atoms with E-state index in [9.17, 15) is 15.2 Å². The van der Waals surface area contributed by atoms with Crippen LogP contribution in [0.4, 0.5) is 5.69 Å². The summed E-state index contributed by atoms with van der Waals surface area (Å²) < 4.78 is 10.8. The second-order valence-corrected chi connectivity index (χ2v) is 3.82. The van der Waals surface area contributed by atoms with Gasteiger partial charge in [0.05, 0.1) is 11.5 Å². The van der Waals surface area contributed by atoms with Crippen molar-refractivity contribution in [2.24, 2.45) is 0 Å². The summed E-state index contributed by atoms with van der Waals surface area (Å²) in [4.78, 5) is 9.86. The summed E-state index contributed by atoms with van der Waals surface area (Å²) in [5.74, 6) is -0.0247. The van der Waals surface area contributed by atoms with Gasteiger partial charge in [0.1, 0.15) is 5.75 Å². The lowest BCUT2D eigenvalue weighted by atomic mass is 10.2. The minimum atomic E-state index is -0.643. The topological polar surface area (TPSA) is 81.8 Å². The number of hydrogen-bond donors (Lipinski definition) is 1. The van der Waals surface area contributed by atoms with Gasteiger partial charge in [0, 0.05) is 18.6 Å². The highest BCUT2D eigenvalue weighted by atomic mass is 16.7. The van der Waals surface area contributed by atoms with Gasteiger partial charge in [-0.2, -0.15) is 0 Å². The first kappa shape index (κ1) is 11.7. The molecule has 1 saturated heterocycles. The van der Waals surface area contributed by atoms with Crippen LogP contribution in [0.1, 0.15) is 19.3 Å². The standard InChI is InChI=1S/C11H13NO5/c13-10-7-8(4-5-9(10)12(14)15)17-11-3-1-2-6-16-11/h4-5,7,11,13H,1-3,6H2. The smallest absolute Gasteiger partial charge is 0.310 e. The zero-order chi connectivity index (χ0) is 12.3. The Bertz CT molecular complexity index is 414. The van der Waals surface area contributed by atoms with Gasteiger partial charge < -0.3 is 14.6 Å². The first-order chi connectivity index (χ1) is 8.16. The molecule has 0 amide bonds. The van der Waals surface area contributed by atoms with Crippen molar-refractivity contribution in [3.8, 4) is 11.5 Å². The molecule has 0 bridgehead atoms. The van der Waals surface area contributed by atoms with Crippen molar-refractivity contribution < 1.29 is 19.5 Å². The number of nitro benzene ring substituents is 1. The molecule has 1 atom stereocenters. The molecule has 1 aromatic carbocycles. The molecule has 1 heterocycles. The summed E-state index contributed by atoms with van der Waals surface area (Å²) in [7, 11) is 0. The van der Waals surface area contributed by atoms with Crippen molar-refractivity contribution in [2.45, 2.75) is 25.6 Å². The minimum Gasteiger partial charge on any atom is -0.502 e. The molecule has 0 radical (unpaired) electrons. The Hall–Kier alpha value is -1.82. The average Bonchev–Trinajstić information content (AvgIpc) is 2.30. The van der Waals surface area contributed by atoms with Crippen LogP contribution in [0.25, 0.3) is 0 Å². The maximum absolute atomic E-state index is 10.5. The molecule has 1 aliphatic rings. The maximum Gasteiger partial charge on any atom is 0.310 e. The van der Waals surface area contributed by atoms with Gasteiger partial charge in [-0.1, -0.05) is 0 Å². The van der Waals surface area contributed by atoms with Gasteiger partial charge in [0.15, 0.2) is 12.0 Å². The zero-order valence-electron chi connectivity index (χ0n) is 9.17. The highest BCUT2D eigenvalue weighted by Crippen LogP contribution is 2.30. The molecule has 6 nitrogen and oxygen atoms in total. The summed E-state index contributed by atoms with van der Waals surface area (Å²) in [5, 5.41) is 19.9. The molecule has 1 unspecified atom stereocenters. The molecule has 0 spiro atoms. The van der Waals surface area contributed by atoms with E-state index in [1.54, 1.807) is 0 Å². The fourth-order valence-electron chi connectivity index (χ4n) is 1.69. The lowest BCUT2D eigenvalue weighted by Gasteiger charge is -2.23. The van der Waals surface area contributed by atoms with Crippen LogP contribution in [-0.4, -0.2) is 22.9 Å². The quantitative estimate of drug-likeness (QED) is 0.645. The highest BCUT2D eigenvalue weighted by molar-refractivity contribution is 5.49. The van der Waals surface area contributed by atoms with E-state index < -0.39 is 10.7 Å². The van der Waals surface area contributed by atoms with Gasteiger partial charge in [-0.3, -0.25) is 10.1 Å². The van der Waals surface area contributed by atoms with Gasteiger partial charge in [0.25, 0.3) is 0 Å². The Balaban J connectivity index is 2.06. The lowest BCUT2D eigenvalue weighted by molar-refractivity contribution is -0.385. The summed E-state index contributed by atoms with van der Waals surface area (Å²) in [6.45, 7) is 0.656. The van der Waals surface area contributed by atoms with Gasteiger partial charge >= 0.3 is 5.69 Å². The first-order valence-corrected chi connectivity index (χ1v) is 5.42. The predicted octanol–water partition coefficient (Wildman–Crippen LogP) is 2.21. The molecular formula is C11H13NO5. The van der Waals surface area contributed by atoms with E-state index in [-0.39, 0.29) is 12.0 Å². The molecule has 1 aromatic rings. The number of phenolic OH excluding ortho intramolecular Hbond substituents is 1. The summed E-state index contributed by atoms with van der Waals surface area (Å²) in [6, 6.07) is 3.90. The van der Waals surface area contributed by atoms with Crippen LogP contribution in [0.5, 0.6) is 11.5 Å². The molecule has 2 rings (SSSR count). The van der Waals surface area contributed by atoms with Crippen molar-refractivity contribution in [2.75, 3.05) is 6.61 Å². The molecule has 1 fully saturated rings. The lowest BCUT2D eigenvalue weighted by Crippen LogP contribution is -2.24. The van der Waals surface area contributed by atoms with Crippen molar-refractivity contribution in [1.29, 1.82) is 0 Å². The molecule has 92 valence electrons. The number of nitrogens with zero attached hydrogens (tertiary/aromatic N) is 1. The number of phenols is 1. The van der Waals surface area contributed by atoms with E-state index in [4.69, 9.17) is 9.47 Å². The molecule has 6 heteroatoms. The fourth-order valence-corrected chi connectivity index (χ4v) is 1.69. The molecule has 0 aliphatic carbocycles. The van der Waals surface area contributed by atoms with Crippen LogP contribution in [0, 0.1) is 10.1 Å². The third-order valence-corrected chi connectivity index (χ3v) is 2.55. The number of hydrogen-bond acceptors (Lipinski definition) is 5. The second kappa shape index (κ2) is 5.01. The fraction of sp³-hybridized carbons (Fsp3) is 0.455. The number of benzene rings is 1. The summed E-state index contributed by atoms with van der Waals surface area (Å²) in [5.41, 5.74) is -0.332. The number of rotatable bonds is 3. The van der Waals surface area contributed by atoms with Crippen molar-refractivity contribution >= 4 is 5.69 Å². The number of nitro groups is 1. The molecule has 1 aliphatic heterocycles.